The van der Waals surface area contributed by atoms with Crippen LogP contribution in [0.5, 0.6) is 0 Å². The highest BCUT2D eigenvalue weighted by Gasteiger charge is 2.21. The highest BCUT2D eigenvalue weighted by atomic mass is 16.5. The standard InChI is InChI=1S/C25H30N2O3/c1-16(2)13-22(25(28)29-4)26-19-6-7-20-21-14-18(17-9-11-27(3)12-10-17)5-8-23(21)30-24(20)15-19/h5-9,14-16,22,26H,10-13H2,1-4H3/t22-/m0/s1. The van der Waals surface area contributed by atoms with Crippen LogP contribution in [0.4, 0.5) is 5.69 Å². The molecule has 1 aliphatic rings. The van der Waals surface area contributed by atoms with Crippen molar-refractivity contribution in [2.75, 3.05) is 32.6 Å². The molecule has 0 bridgehead atoms. The van der Waals surface area contributed by atoms with E-state index < -0.39 is 0 Å². The number of fused-ring (bicyclic) bond motifs is 3. The average Bonchev–Trinajstić information content (AvgIpc) is 3.10. The maximum Gasteiger partial charge on any atom is 0.328 e. The van der Waals surface area contributed by atoms with Crippen molar-refractivity contribution in [1.29, 1.82) is 0 Å². The summed E-state index contributed by atoms with van der Waals surface area (Å²) in [5.41, 5.74) is 5.22. The van der Waals surface area contributed by atoms with Crippen LogP contribution in [0.15, 0.2) is 46.9 Å². The molecular formula is C25H30N2O3. The van der Waals surface area contributed by atoms with E-state index in [2.05, 4.69) is 61.5 Å². The molecule has 3 aromatic rings. The van der Waals surface area contributed by atoms with Gasteiger partial charge < -0.3 is 19.4 Å². The van der Waals surface area contributed by atoms with E-state index in [0.717, 1.165) is 47.1 Å². The Labute approximate surface area is 177 Å². The first-order valence-corrected chi connectivity index (χ1v) is 10.6. The van der Waals surface area contributed by atoms with Gasteiger partial charge >= 0.3 is 5.97 Å². The summed E-state index contributed by atoms with van der Waals surface area (Å²) in [6, 6.07) is 12.1. The lowest BCUT2D eigenvalue weighted by Crippen LogP contribution is -2.32. The number of nitrogens with zero attached hydrogens (tertiary/aromatic N) is 1. The van der Waals surface area contributed by atoms with E-state index in [-0.39, 0.29) is 12.0 Å². The lowest BCUT2D eigenvalue weighted by molar-refractivity contribution is -0.141. The second-order valence-electron chi connectivity index (χ2n) is 8.62. The van der Waals surface area contributed by atoms with Crippen LogP contribution in [0.1, 0.15) is 32.3 Å². The zero-order chi connectivity index (χ0) is 21.3. The van der Waals surface area contributed by atoms with E-state index in [4.69, 9.17) is 9.15 Å². The average molecular weight is 407 g/mol. The van der Waals surface area contributed by atoms with E-state index >= 15 is 0 Å². The highest BCUT2D eigenvalue weighted by molar-refractivity contribution is 6.06. The normalized spacial score (nSPS) is 16.1. The van der Waals surface area contributed by atoms with Crippen LogP contribution in [-0.4, -0.2) is 44.2 Å². The number of nitrogens with one attached hydrogen (secondary N) is 1. The number of benzene rings is 2. The van der Waals surface area contributed by atoms with Gasteiger partial charge in [0.1, 0.15) is 17.2 Å². The number of rotatable bonds is 6. The molecular weight excluding hydrogens is 376 g/mol. The smallest absolute Gasteiger partial charge is 0.328 e. The minimum absolute atomic E-state index is 0.246. The third kappa shape index (κ3) is 4.21. The van der Waals surface area contributed by atoms with Gasteiger partial charge in [-0.3, -0.25) is 0 Å². The van der Waals surface area contributed by atoms with Crippen molar-refractivity contribution in [3.05, 3.63) is 48.0 Å². The quantitative estimate of drug-likeness (QED) is 0.563. The predicted octanol–water partition coefficient (Wildman–Crippen LogP) is 5.30. The molecule has 30 heavy (non-hydrogen) atoms. The number of hydrogen-bond acceptors (Lipinski definition) is 5. The molecule has 1 aliphatic heterocycles. The molecule has 0 unspecified atom stereocenters. The molecule has 158 valence electrons. The molecule has 5 nitrogen and oxygen atoms in total. The topological polar surface area (TPSA) is 54.7 Å². The van der Waals surface area contributed by atoms with Crippen LogP contribution in [0.25, 0.3) is 27.5 Å². The van der Waals surface area contributed by atoms with Gasteiger partial charge in [0, 0.05) is 35.6 Å². The Bertz CT molecular complexity index is 1100. The summed E-state index contributed by atoms with van der Waals surface area (Å²) in [4.78, 5) is 14.5. The Morgan fingerprint density at radius 1 is 1.17 bits per heavy atom. The number of carbonyl (C=O) groups is 1. The molecule has 0 fully saturated rings. The number of methoxy groups -OCH3 is 1. The summed E-state index contributed by atoms with van der Waals surface area (Å²) in [5.74, 6) is 0.133. The fourth-order valence-corrected chi connectivity index (χ4v) is 4.13. The third-order valence-electron chi connectivity index (χ3n) is 5.79. The first-order chi connectivity index (χ1) is 14.4. The van der Waals surface area contributed by atoms with Crippen molar-refractivity contribution in [3.8, 4) is 0 Å². The van der Waals surface area contributed by atoms with Crippen molar-refractivity contribution >= 4 is 39.2 Å². The minimum atomic E-state index is -0.375. The zero-order valence-corrected chi connectivity index (χ0v) is 18.2. The van der Waals surface area contributed by atoms with Gasteiger partial charge in [-0.15, -0.1) is 0 Å². The van der Waals surface area contributed by atoms with Crippen molar-refractivity contribution in [3.63, 3.8) is 0 Å². The SMILES string of the molecule is COC(=O)[C@H](CC(C)C)Nc1ccc2c(c1)oc1ccc(C3=CCN(C)CC3)cc12. The number of hydrogen-bond donors (Lipinski definition) is 1. The van der Waals surface area contributed by atoms with Gasteiger partial charge in [0.25, 0.3) is 0 Å². The molecule has 4 rings (SSSR count). The fraction of sp³-hybridized carbons (Fsp3) is 0.400. The second-order valence-corrected chi connectivity index (χ2v) is 8.62. The molecule has 1 atom stereocenters. The summed E-state index contributed by atoms with van der Waals surface area (Å²) in [7, 11) is 3.58. The minimum Gasteiger partial charge on any atom is -0.467 e. The second kappa shape index (κ2) is 8.52. The molecule has 2 heterocycles. The van der Waals surface area contributed by atoms with E-state index in [9.17, 15) is 4.79 Å². The van der Waals surface area contributed by atoms with Crippen LogP contribution >= 0.6 is 0 Å². The number of furan rings is 1. The third-order valence-corrected chi connectivity index (χ3v) is 5.79. The first kappa shape index (κ1) is 20.5. The maximum atomic E-state index is 12.1. The zero-order valence-electron chi connectivity index (χ0n) is 18.2. The number of ether oxygens (including phenoxy) is 1. The molecule has 0 amide bonds. The van der Waals surface area contributed by atoms with Gasteiger partial charge in [-0.05, 0) is 61.2 Å². The van der Waals surface area contributed by atoms with Gasteiger partial charge in [0.05, 0.1) is 7.11 Å². The van der Waals surface area contributed by atoms with Gasteiger partial charge in [-0.25, -0.2) is 4.79 Å². The van der Waals surface area contributed by atoms with Crippen LogP contribution in [0.2, 0.25) is 0 Å². The number of esters is 1. The highest BCUT2D eigenvalue weighted by Crippen LogP contribution is 2.34. The summed E-state index contributed by atoms with van der Waals surface area (Å²) in [6.07, 6.45) is 4.09. The van der Waals surface area contributed by atoms with E-state index in [1.807, 2.05) is 12.1 Å². The summed E-state index contributed by atoms with van der Waals surface area (Å²) >= 11 is 0. The molecule has 1 aromatic heterocycles. The molecule has 0 saturated carbocycles. The number of carbonyl (C=O) groups excluding carboxylic acids is 1. The monoisotopic (exact) mass is 406 g/mol. The van der Waals surface area contributed by atoms with Crippen LogP contribution in [0.3, 0.4) is 0 Å². The molecule has 0 aliphatic carbocycles. The van der Waals surface area contributed by atoms with Gasteiger partial charge in [0.15, 0.2) is 0 Å². The number of likely N-dealkylation sites (N-methyl/N-ethyl adjacent to an activating group) is 1. The molecule has 5 heteroatoms. The van der Waals surface area contributed by atoms with Crippen LogP contribution in [0, 0.1) is 5.92 Å². The molecule has 0 radical (unpaired) electrons. The Kier molecular flexibility index (Phi) is 5.82. The van der Waals surface area contributed by atoms with Crippen molar-refractivity contribution < 1.29 is 13.9 Å². The van der Waals surface area contributed by atoms with E-state index in [0.29, 0.717) is 12.3 Å². The maximum absolute atomic E-state index is 12.1. The fourth-order valence-electron chi connectivity index (χ4n) is 4.13. The molecule has 2 aromatic carbocycles. The molecule has 1 N–H and O–H groups in total. The van der Waals surface area contributed by atoms with Gasteiger partial charge in [-0.1, -0.05) is 26.0 Å². The lowest BCUT2D eigenvalue weighted by Gasteiger charge is -2.22. The Balaban J connectivity index is 1.65. The van der Waals surface area contributed by atoms with Crippen molar-refractivity contribution in [2.45, 2.75) is 32.7 Å². The van der Waals surface area contributed by atoms with Crippen molar-refractivity contribution in [2.24, 2.45) is 5.92 Å². The summed E-state index contributed by atoms with van der Waals surface area (Å²) < 4.78 is 11.1. The van der Waals surface area contributed by atoms with Crippen LogP contribution < -0.4 is 5.32 Å². The van der Waals surface area contributed by atoms with E-state index in [1.54, 1.807) is 0 Å². The predicted molar refractivity (Wildman–Crippen MR) is 123 cm³/mol. The summed E-state index contributed by atoms with van der Waals surface area (Å²) in [5, 5.41) is 5.53. The van der Waals surface area contributed by atoms with Crippen LogP contribution in [-0.2, 0) is 9.53 Å². The molecule has 0 spiro atoms. The van der Waals surface area contributed by atoms with Gasteiger partial charge in [-0.2, -0.15) is 0 Å². The number of anilines is 1. The lowest BCUT2D eigenvalue weighted by atomic mass is 9.98. The first-order valence-electron chi connectivity index (χ1n) is 10.6. The largest absolute Gasteiger partial charge is 0.467 e. The van der Waals surface area contributed by atoms with Crippen molar-refractivity contribution in [1.82, 2.24) is 4.90 Å². The summed E-state index contributed by atoms with van der Waals surface area (Å²) in [6.45, 7) is 6.27. The van der Waals surface area contributed by atoms with E-state index in [1.165, 1.54) is 18.2 Å². The Morgan fingerprint density at radius 3 is 2.70 bits per heavy atom. The molecule has 0 saturated heterocycles. The Hall–Kier alpha value is -2.79. The Morgan fingerprint density at radius 2 is 2.00 bits per heavy atom. The van der Waals surface area contributed by atoms with Gasteiger partial charge in [0.2, 0.25) is 0 Å².